The van der Waals surface area contributed by atoms with Crippen molar-refractivity contribution in [3.8, 4) is 5.75 Å². The topological polar surface area (TPSA) is 58.6 Å². The number of rotatable bonds is 5. The molecule has 1 aliphatic rings. The number of amides is 2. The lowest BCUT2D eigenvalue weighted by atomic mass is 10.0. The average molecular weight is 416 g/mol. The Morgan fingerprint density at radius 1 is 0.903 bits per heavy atom. The van der Waals surface area contributed by atoms with Crippen LogP contribution < -0.4 is 15.0 Å². The van der Waals surface area contributed by atoms with Crippen LogP contribution in [0.25, 0.3) is 5.57 Å². The minimum Gasteiger partial charge on any atom is -0.497 e. The zero-order valence-electron chi connectivity index (χ0n) is 17.4. The van der Waals surface area contributed by atoms with Crippen LogP contribution in [0.3, 0.4) is 0 Å². The molecule has 5 nitrogen and oxygen atoms in total. The number of aryl methyl sites for hydroxylation is 2. The zero-order chi connectivity index (χ0) is 22.1. The van der Waals surface area contributed by atoms with Crippen molar-refractivity contribution >= 4 is 28.8 Å². The smallest absolute Gasteiger partial charge is 0.282 e. The van der Waals surface area contributed by atoms with Gasteiger partial charge in [0.15, 0.2) is 0 Å². The van der Waals surface area contributed by atoms with E-state index >= 15 is 0 Å². The Balaban J connectivity index is 1.83. The maximum Gasteiger partial charge on any atom is 0.282 e. The first-order valence-electron chi connectivity index (χ1n) is 9.76. The molecule has 3 aromatic carbocycles. The molecule has 0 saturated heterocycles. The van der Waals surface area contributed by atoms with Crippen LogP contribution in [0, 0.1) is 19.7 Å². The molecular weight excluding hydrogens is 395 g/mol. The highest BCUT2D eigenvalue weighted by Gasteiger charge is 2.40. The second kappa shape index (κ2) is 8.07. The van der Waals surface area contributed by atoms with E-state index in [4.69, 9.17) is 4.74 Å². The van der Waals surface area contributed by atoms with Crippen molar-refractivity contribution in [2.24, 2.45) is 0 Å². The van der Waals surface area contributed by atoms with E-state index in [1.165, 1.54) is 24.3 Å². The van der Waals surface area contributed by atoms with Crippen LogP contribution in [0.2, 0.25) is 0 Å². The molecule has 0 aliphatic carbocycles. The van der Waals surface area contributed by atoms with Gasteiger partial charge in [-0.05, 0) is 55.3 Å². The van der Waals surface area contributed by atoms with Crippen molar-refractivity contribution in [2.45, 2.75) is 13.8 Å². The van der Waals surface area contributed by atoms with E-state index < -0.39 is 17.6 Å². The summed E-state index contributed by atoms with van der Waals surface area (Å²) in [6.45, 7) is 3.80. The second-order valence-corrected chi connectivity index (χ2v) is 7.35. The summed E-state index contributed by atoms with van der Waals surface area (Å²) < 4.78 is 18.7. The number of halogens is 1. The van der Waals surface area contributed by atoms with E-state index in [1.54, 1.807) is 37.4 Å². The van der Waals surface area contributed by atoms with Crippen molar-refractivity contribution in [1.29, 1.82) is 0 Å². The van der Waals surface area contributed by atoms with Gasteiger partial charge in [0.25, 0.3) is 11.8 Å². The summed E-state index contributed by atoms with van der Waals surface area (Å²) in [4.78, 5) is 28.1. The Morgan fingerprint density at radius 3 is 2.32 bits per heavy atom. The third kappa shape index (κ3) is 3.80. The molecule has 0 spiro atoms. The maximum atomic E-state index is 13.5. The molecule has 6 heteroatoms. The summed E-state index contributed by atoms with van der Waals surface area (Å²) in [5, 5.41) is 3.08. The van der Waals surface area contributed by atoms with E-state index in [0.717, 1.165) is 16.0 Å². The minimum atomic E-state index is -0.473. The van der Waals surface area contributed by atoms with Gasteiger partial charge in [-0.15, -0.1) is 0 Å². The molecule has 31 heavy (non-hydrogen) atoms. The lowest BCUT2D eigenvalue weighted by Gasteiger charge is -2.18. The molecular formula is C25H21FN2O3. The number of nitrogens with zero attached hydrogens (tertiary/aromatic N) is 1. The molecule has 2 amide bonds. The third-order valence-corrected chi connectivity index (χ3v) is 5.15. The molecule has 3 aromatic rings. The van der Waals surface area contributed by atoms with Crippen LogP contribution in [0.5, 0.6) is 5.75 Å². The fraction of sp³-hybridized carbons (Fsp3) is 0.120. The van der Waals surface area contributed by atoms with Crippen LogP contribution in [0.15, 0.2) is 72.4 Å². The molecule has 0 unspecified atom stereocenters. The fourth-order valence-corrected chi connectivity index (χ4v) is 3.65. The van der Waals surface area contributed by atoms with Crippen LogP contribution >= 0.6 is 0 Å². The predicted octanol–water partition coefficient (Wildman–Crippen LogP) is 4.85. The third-order valence-electron chi connectivity index (χ3n) is 5.15. The molecule has 1 N–H and O–H groups in total. The molecule has 4 rings (SSSR count). The summed E-state index contributed by atoms with van der Waals surface area (Å²) in [6.07, 6.45) is 0. The second-order valence-electron chi connectivity index (χ2n) is 7.35. The van der Waals surface area contributed by atoms with Gasteiger partial charge in [0, 0.05) is 11.8 Å². The first-order chi connectivity index (χ1) is 14.9. The summed E-state index contributed by atoms with van der Waals surface area (Å²) in [5.74, 6) is -0.750. The van der Waals surface area contributed by atoms with Gasteiger partial charge in [-0.1, -0.05) is 35.9 Å². The number of hydrogen-bond donors (Lipinski definition) is 1. The van der Waals surface area contributed by atoms with Crippen LogP contribution in [0.4, 0.5) is 15.8 Å². The van der Waals surface area contributed by atoms with E-state index in [9.17, 15) is 14.0 Å². The molecule has 0 aromatic heterocycles. The van der Waals surface area contributed by atoms with Crippen molar-refractivity contribution < 1.29 is 18.7 Å². The molecule has 0 bridgehead atoms. The van der Waals surface area contributed by atoms with Crippen LogP contribution in [0.1, 0.15) is 16.7 Å². The minimum absolute atomic E-state index is 0.129. The van der Waals surface area contributed by atoms with Gasteiger partial charge < -0.3 is 10.1 Å². The molecule has 0 saturated carbocycles. The maximum absolute atomic E-state index is 13.5. The Morgan fingerprint density at radius 2 is 1.65 bits per heavy atom. The highest BCUT2D eigenvalue weighted by Crippen LogP contribution is 2.35. The van der Waals surface area contributed by atoms with E-state index in [2.05, 4.69) is 5.32 Å². The first-order valence-corrected chi connectivity index (χ1v) is 9.76. The number of carbonyl (C=O) groups is 2. The van der Waals surface area contributed by atoms with Gasteiger partial charge in [0.1, 0.15) is 17.3 Å². The normalized spacial score (nSPS) is 13.7. The lowest BCUT2D eigenvalue weighted by molar-refractivity contribution is -0.120. The summed E-state index contributed by atoms with van der Waals surface area (Å²) in [7, 11) is 1.55. The SMILES string of the molecule is COc1cccc(NC2=C(c3ccc(F)cc3)C(=O)N(c3ccc(C)cc3C)C2=O)c1. The fourth-order valence-electron chi connectivity index (χ4n) is 3.65. The number of carbonyl (C=O) groups excluding carboxylic acids is 2. The molecule has 0 fully saturated rings. The van der Waals surface area contributed by atoms with Crippen LogP contribution in [-0.2, 0) is 9.59 Å². The molecule has 0 radical (unpaired) electrons. The van der Waals surface area contributed by atoms with E-state index in [1.807, 2.05) is 26.0 Å². The Hall–Kier alpha value is -3.93. The van der Waals surface area contributed by atoms with E-state index in [0.29, 0.717) is 22.7 Å². The predicted molar refractivity (Wildman–Crippen MR) is 118 cm³/mol. The average Bonchev–Trinajstić information content (AvgIpc) is 2.99. The summed E-state index contributed by atoms with van der Waals surface area (Å²) in [5.41, 5.74) is 3.72. The standard InChI is InChI=1S/C25H21FN2O3/c1-15-7-12-21(16(2)13-15)28-24(29)22(17-8-10-18(26)11-9-17)23(25(28)30)27-19-5-4-6-20(14-19)31-3/h4-14,27H,1-3H3. The largest absolute Gasteiger partial charge is 0.497 e. The number of benzene rings is 3. The van der Waals surface area contributed by atoms with E-state index in [-0.39, 0.29) is 11.3 Å². The van der Waals surface area contributed by atoms with Crippen molar-refractivity contribution in [3.63, 3.8) is 0 Å². The monoisotopic (exact) mass is 416 g/mol. The van der Waals surface area contributed by atoms with Gasteiger partial charge in [-0.3, -0.25) is 9.59 Å². The Kier molecular flexibility index (Phi) is 5.29. The molecule has 0 atom stereocenters. The summed E-state index contributed by atoms with van der Waals surface area (Å²) >= 11 is 0. The number of nitrogens with one attached hydrogen (secondary N) is 1. The molecule has 1 heterocycles. The molecule has 1 aliphatic heterocycles. The van der Waals surface area contributed by atoms with Crippen molar-refractivity contribution in [3.05, 3.63) is 94.9 Å². The highest BCUT2D eigenvalue weighted by atomic mass is 19.1. The number of imide groups is 1. The van der Waals surface area contributed by atoms with Gasteiger partial charge in [-0.25, -0.2) is 9.29 Å². The quantitative estimate of drug-likeness (QED) is 0.604. The summed E-state index contributed by atoms with van der Waals surface area (Å²) in [6, 6.07) is 18.1. The van der Waals surface area contributed by atoms with Gasteiger partial charge in [-0.2, -0.15) is 0 Å². The number of methoxy groups -OCH3 is 1. The molecule has 156 valence electrons. The highest BCUT2D eigenvalue weighted by molar-refractivity contribution is 6.46. The Bertz CT molecular complexity index is 1220. The van der Waals surface area contributed by atoms with Crippen molar-refractivity contribution in [2.75, 3.05) is 17.3 Å². The van der Waals surface area contributed by atoms with Gasteiger partial charge in [0.05, 0.1) is 18.4 Å². The van der Waals surface area contributed by atoms with Crippen LogP contribution in [-0.4, -0.2) is 18.9 Å². The number of ether oxygens (including phenoxy) is 1. The number of anilines is 2. The zero-order valence-corrected chi connectivity index (χ0v) is 17.4. The number of hydrogen-bond acceptors (Lipinski definition) is 4. The van der Waals surface area contributed by atoms with Gasteiger partial charge in [0.2, 0.25) is 0 Å². The van der Waals surface area contributed by atoms with Gasteiger partial charge >= 0.3 is 0 Å². The lowest BCUT2D eigenvalue weighted by Crippen LogP contribution is -2.33. The first kappa shape index (κ1) is 20.3. The van der Waals surface area contributed by atoms with Crippen molar-refractivity contribution in [1.82, 2.24) is 0 Å². The Labute approximate surface area is 179 Å².